The number of ether oxygens (including phenoxy) is 3. The number of anilines is 1. The van der Waals surface area contributed by atoms with E-state index in [1.54, 1.807) is 16.6 Å². The monoisotopic (exact) mass is 515 g/mol. The number of carbonyl (C=O) groups excluding carboxylic acids is 2. The van der Waals surface area contributed by atoms with Crippen molar-refractivity contribution >= 4 is 23.3 Å². The fourth-order valence-corrected chi connectivity index (χ4v) is 5.79. The normalized spacial score (nSPS) is 30.6. The lowest BCUT2D eigenvalue weighted by Gasteiger charge is -2.28. The summed E-state index contributed by atoms with van der Waals surface area (Å²) in [6.07, 6.45) is 5.30. The van der Waals surface area contributed by atoms with Crippen molar-refractivity contribution in [3.8, 4) is 0 Å². The van der Waals surface area contributed by atoms with Gasteiger partial charge in [0.05, 0.1) is 5.69 Å². The molecule has 202 valence electrons. The number of fused-ring (bicyclic) bond motifs is 2. The van der Waals surface area contributed by atoms with Crippen LogP contribution in [-0.2, 0) is 29.4 Å². The van der Waals surface area contributed by atoms with E-state index in [0.717, 1.165) is 25.7 Å². The highest BCUT2D eigenvalue weighted by atomic mass is 16.6. The Morgan fingerprint density at radius 1 is 1.27 bits per heavy atom. The maximum atomic E-state index is 13.0. The van der Waals surface area contributed by atoms with Crippen LogP contribution < -0.4 is 11.5 Å². The Hall–Kier alpha value is -2.76. The third kappa shape index (κ3) is 4.46. The number of hydrogen-bond donors (Lipinski definition) is 3. The standard InChI is InChI=1S/C26H37N5O6/c1-24(2,3)20(27)23(33)35-12-17-21(36-19(32)11-15-7-5-4-6-8-15)25(34)13-26(25,37-17)18-10-9-16-22(28)29-14-30-31(16)18/h9-10,14-15,17,20-21,34H,4-8,11-13,27H2,1-3H3,(H2,28,29,30)/t17-,20-,21-,25-,26+/m1/s1. The van der Waals surface area contributed by atoms with Crippen LogP contribution in [0, 0.1) is 11.3 Å². The van der Waals surface area contributed by atoms with Gasteiger partial charge in [-0.25, -0.2) is 9.50 Å². The Balaban J connectivity index is 1.39. The van der Waals surface area contributed by atoms with Crippen LogP contribution in [0.5, 0.6) is 0 Å². The molecule has 3 aliphatic rings. The Morgan fingerprint density at radius 2 is 2.00 bits per heavy atom. The number of hydrogen-bond acceptors (Lipinski definition) is 10. The Labute approximate surface area is 215 Å². The summed E-state index contributed by atoms with van der Waals surface area (Å²) >= 11 is 0. The number of esters is 2. The molecule has 2 aromatic heterocycles. The van der Waals surface area contributed by atoms with Crippen LogP contribution in [0.2, 0.25) is 0 Å². The first kappa shape index (κ1) is 25.9. The summed E-state index contributed by atoms with van der Waals surface area (Å²) in [5.41, 5.74) is 9.99. The van der Waals surface area contributed by atoms with Crippen LogP contribution in [0.4, 0.5) is 5.82 Å². The molecule has 11 heteroatoms. The molecular weight excluding hydrogens is 478 g/mol. The molecule has 0 unspecified atom stereocenters. The van der Waals surface area contributed by atoms with Gasteiger partial charge < -0.3 is 30.8 Å². The van der Waals surface area contributed by atoms with Crippen LogP contribution in [0.25, 0.3) is 5.52 Å². The average Bonchev–Trinajstić information content (AvgIpc) is 3.12. The summed E-state index contributed by atoms with van der Waals surface area (Å²) < 4.78 is 19.4. The summed E-state index contributed by atoms with van der Waals surface area (Å²) in [5, 5.41) is 16.0. The maximum absolute atomic E-state index is 13.0. The highest BCUT2D eigenvalue weighted by Crippen LogP contribution is 2.66. The van der Waals surface area contributed by atoms with Crippen molar-refractivity contribution in [2.75, 3.05) is 12.3 Å². The molecule has 0 radical (unpaired) electrons. The first-order chi connectivity index (χ1) is 17.5. The zero-order valence-electron chi connectivity index (χ0n) is 21.7. The van der Waals surface area contributed by atoms with Gasteiger partial charge in [0.15, 0.2) is 11.9 Å². The van der Waals surface area contributed by atoms with Crippen LogP contribution in [0.1, 0.15) is 71.4 Å². The van der Waals surface area contributed by atoms with Crippen LogP contribution in [-0.4, -0.2) is 62.1 Å². The van der Waals surface area contributed by atoms with Crippen molar-refractivity contribution in [3.63, 3.8) is 0 Å². The molecule has 2 aromatic rings. The van der Waals surface area contributed by atoms with Gasteiger partial charge in [0.2, 0.25) is 0 Å². The van der Waals surface area contributed by atoms with Gasteiger partial charge in [-0.2, -0.15) is 5.10 Å². The molecule has 11 nitrogen and oxygen atoms in total. The minimum Gasteiger partial charge on any atom is -0.462 e. The second kappa shape index (κ2) is 9.21. The molecule has 2 aliphatic carbocycles. The predicted octanol–water partition coefficient (Wildman–Crippen LogP) is 1.84. The Morgan fingerprint density at radius 3 is 2.70 bits per heavy atom. The van der Waals surface area contributed by atoms with Crippen LogP contribution >= 0.6 is 0 Å². The summed E-state index contributed by atoms with van der Waals surface area (Å²) in [6.45, 7) is 5.32. The van der Waals surface area contributed by atoms with E-state index in [9.17, 15) is 14.7 Å². The largest absolute Gasteiger partial charge is 0.462 e. The van der Waals surface area contributed by atoms with Gasteiger partial charge >= 0.3 is 11.9 Å². The summed E-state index contributed by atoms with van der Waals surface area (Å²) in [6, 6.07) is 2.67. The van der Waals surface area contributed by atoms with E-state index in [-0.39, 0.29) is 30.7 Å². The van der Waals surface area contributed by atoms with Crippen molar-refractivity contribution in [2.24, 2.45) is 17.1 Å². The van der Waals surface area contributed by atoms with Gasteiger partial charge in [0, 0.05) is 12.8 Å². The molecule has 0 bridgehead atoms. The number of rotatable bonds is 7. The van der Waals surface area contributed by atoms with E-state index in [1.807, 2.05) is 20.8 Å². The molecule has 5 atom stereocenters. The summed E-state index contributed by atoms with van der Waals surface area (Å²) in [5.74, 6) is -0.404. The molecule has 1 saturated heterocycles. The predicted molar refractivity (Wildman–Crippen MR) is 133 cm³/mol. The smallest absolute Gasteiger partial charge is 0.323 e. The van der Waals surface area contributed by atoms with Gasteiger partial charge in [-0.05, 0) is 36.3 Å². The summed E-state index contributed by atoms with van der Waals surface area (Å²) in [4.78, 5) is 29.6. The minimum atomic E-state index is -1.51. The van der Waals surface area contributed by atoms with Gasteiger partial charge in [-0.3, -0.25) is 9.59 Å². The fraction of sp³-hybridized carbons (Fsp3) is 0.692. The summed E-state index contributed by atoms with van der Waals surface area (Å²) in [7, 11) is 0. The number of nitrogens with zero attached hydrogens (tertiary/aromatic N) is 3. The van der Waals surface area contributed by atoms with E-state index >= 15 is 0 Å². The van der Waals surface area contributed by atoms with Crippen molar-refractivity contribution in [3.05, 3.63) is 24.2 Å². The number of nitrogen functional groups attached to an aromatic ring is 1. The highest BCUT2D eigenvalue weighted by molar-refractivity contribution is 5.76. The van der Waals surface area contributed by atoms with Crippen molar-refractivity contribution < 1.29 is 28.9 Å². The molecule has 1 aliphatic heterocycles. The third-order valence-electron chi connectivity index (χ3n) is 8.16. The SMILES string of the molecule is CC(C)(C)[C@H](N)C(=O)OC[C@H]1O[C@]2(c3ccc4c(N)ncnn34)C[C@@]2(O)[C@@H]1OC(=O)CC1CCCCC1. The molecule has 2 saturated carbocycles. The molecule has 37 heavy (non-hydrogen) atoms. The zero-order valence-corrected chi connectivity index (χ0v) is 21.7. The maximum Gasteiger partial charge on any atom is 0.323 e. The Kier molecular flexibility index (Phi) is 6.44. The lowest BCUT2D eigenvalue weighted by Crippen LogP contribution is -2.46. The molecule has 0 amide bonds. The van der Waals surface area contributed by atoms with E-state index in [1.165, 1.54) is 12.7 Å². The van der Waals surface area contributed by atoms with Gasteiger partial charge in [-0.1, -0.05) is 40.0 Å². The van der Waals surface area contributed by atoms with Gasteiger partial charge in [-0.15, -0.1) is 0 Å². The van der Waals surface area contributed by atoms with Crippen LogP contribution in [0.3, 0.4) is 0 Å². The fourth-order valence-electron chi connectivity index (χ4n) is 5.79. The lowest BCUT2D eigenvalue weighted by molar-refractivity contribution is -0.168. The first-order valence-electron chi connectivity index (χ1n) is 13.1. The molecule has 0 spiro atoms. The zero-order chi connectivity index (χ0) is 26.6. The van der Waals surface area contributed by atoms with Crippen molar-refractivity contribution in [1.29, 1.82) is 0 Å². The number of aromatic nitrogens is 3. The lowest BCUT2D eigenvalue weighted by atomic mass is 9.87. The second-order valence-electron chi connectivity index (χ2n) is 11.8. The number of carbonyl (C=O) groups is 2. The van der Waals surface area contributed by atoms with Gasteiger partial charge in [0.25, 0.3) is 0 Å². The molecular formula is C26H37N5O6. The van der Waals surface area contributed by atoms with E-state index in [4.69, 9.17) is 25.7 Å². The topological polar surface area (TPSA) is 164 Å². The van der Waals surface area contributed by atoms with Crippen molar-refractivity contribution in [2.45, 2.75) is 95.2 Å². The second-order valence-corrected chi connectivity index (χ2v) is 11.8. The van der Waals surface area contributed by atoms with Crippen molar-refractivity contribution in [1.82, 2.24) is 14.6 Å². The number of aliphatic hydroxyl groups is 1. The minimum absolute atomic E-state index is 0.198. The molecule has 3 heterocycles. The molecule has 3 fully saturated rings. The number of nitrogens with two attached hydrogens (primary N) is 2. The Bertz CT molecular complexity index is 1190. The van der Waals surface area contributed by atoms with E-state index in [2.05, 4.69) is 10.1 Å². The third-order valence-corrected chi connectivity index (χ3v) is 8.16. The quantitative estimate of drug-likeness (QED) is 0.463. The van der Waals surface area contributed by atoms with E-state index < -0.39 is 40.8 Å². The molecule has 5 N–H and O–H groups in total. The average molecular weight is 516 g/mol. The first-order valence-corrected chi connectivity index (χ1v) is 13.1. The van der Waals surface area contributed by atoms with Gasteiger partial charge in [0.1, 0.15) is 41.8 Å². The molecule has 0 aromatic carbocycles. The van der Waals surface area contributed by atoms with Crippen LogP contribution in [0.15, 0.2) is 18.5 Å². The molecule has 5 rings (SSSR count). The highest BCUT2D eigenvalue weighted by Gasteiger charge is 2.82. The van der Waals surface area contributed by atoms with E-state index in [0.29, 0.717) is 17.6 Å².